The van der Waals surface area contributed by atoms with E-state index in [1.807, 2.05) is 44.2 Å². The molecule has 1 aliphatic heterocycles. The van der Waals surface area contributed by atoms with Gasteiger partial charge in [-0.05, 0) is 48.6 Å². The third-order valence-corrected chi connectivity index (χ3v) is 4.57. The number of carbonyl (C=O) groups excluding carboxylic acids is 1. The average molecular weight is 280 g/mol. The van der Waals surface area contributed by atoms with Gasteiger partial charge < -0.3 is 11.1 Å². The van der Waals surface area contributed by atoms with E-state index in [1.165, 1.54) is 0 Å². The van der Waals surface area contributed by atoms with Crippen LogP contribution in [0.4, 0.5) is 5.69 Å². The quantitative estimate of drug-likeness (QED) is 0.885. The summed E-state index contributed by atoms with van der Waals surface area (Å²) >= 11 is 0. The SMILES string of the molecule is Cc1c(C(N)c2ccccc2)cc2c(c1C)NC(=O)C2C. The minimum absolute atomic E-state index is 0.0675. The van der Waals surface area contributed by atoms with Crippen LogP contribution in [-0.4, -0.2) is 5.91 Å². The summed E-state index contributed by atoms with van der Waals surface area (Å²) in [5.74, 6) is -0.0426. The van der Waals surface area contributed by atoms with Crippen molar-refractivity contribution in [2.45, 2.75) is 32.7 Å². The molecular weight excluding hydrogens is 260 g/mol. The number of anilines is 1. The molecule has 0 saturated heterocycles. The summed E-state index contributed by atoms with van der Waals surface area (Å²) in [6, 6.07) is 12.0. The van der Waals surface area contributed by atoms with Crippen molar-refractivity contribution in [1.29, 1.82) is 0 Å². The van der Waals surface area contributed by atoms with E-state index >= 15 is 0 Å². The number of fused-ring (bicyclic) bond motifs is 1. The second kappa shape index (κ2) is 5.01. The number of amides is 1. The molecule has 2 aromatic rings. The van der Waals surface area contributed by atoms with Crippen LogP contribution in [-0.2, 0) is 4.79 Å². The van der Waals surface area contributed by atoms with Gasteiger partial charge in [0.05, 0.1) is 12.0 Å². The smallest absolute Gasteiger partial charge is 0.231 e. The van der Waals surface area contributed by atoms with Gasteiger partial charge in [0.25, 0.3) is 0 Å². The molecule has 3 nitrogen and oxygen atoms in total. The highest BCUT2D eigenvalue weighted by atomic mass is 16.2. The summed E-state index contributed by atoms with van der Waals surface area (Å²) in [6.07, 6.45) is 0. The highest BCUT2D eigenvalue weighted by Crippen LogP contribution is 2.39. The zero-order chi connectivity index (χ0) is 15.1. The normalized spacial score (nSPS) is 18.3. The molecule has 0 aliphatic carbocycles. The zero-order valence-electron chi connectivity index (χ0n) is 12.6. The first-order valence-corrected chi connectivity index (χ1v) is 7.26. The molecule has 1 aliphatic rings. The van der Waals surface area contributed by atoms with Crippen LogP contribution >= 0.6 is 0 Å². The Balaban J connectivity index is 2.13. The number of nitrogens with one attached hydrogen (secondary N) is 1. The predicted octanol–water partition coefficient (Wildman–Crippen LogP) is 3.41. The van der Waals surface area contributed by atoms with Gasteiger partial charge in [0.1, 0.15) is 0 Å². The van der Waals surface area contributed by atoms with Crippen LogP contribution in [0.3, 0.4) is 0 Å². The van der Waals surface area contributed by atoms with Crippen molar-refractivity contribution in [3.63, 3.8) is 0 Å². The molecular formula is C18H20N2O. The molecule has 0 spiro atoms. The first-order valence-electron chi connectivity index (χ1n) is 7.26. The molecule has 1 amide bonds. The molecule has 0 aromatic heterocycles. The molecule has 3 rings (SSSR count). The van der Waals surface area contributed by atoms with Crippen molar-refractivity contribution in [3.05, 3.63) is 64.2 Å². The third-order valence-electron chi connectivity index (χ3n) is 4.57. The molecule has 0 saturated carbocycles. The lowest BCUT2D eigenvalue weighted by molar-refractivity contribution is -0.116. The Morgan fingerprint density at radius 1 is 1.14 bits per heavy atom. The van der Waals surface area contributed by atoms with Crippen LogP contribution in [0.1, 0.15) is 46.7 Å². The van der Waals surface area contributed by atoms with Crippen molar-refractivity contribution in [2.75, 3.05) is 5.32 Å². The molecule has 108 valence electrons. The second-order valence-corrected chi connectivity index (χ2v) is 5.78. The summed E-state index contributed by atoms with van der Waals surface area (Å²) < 4.78 is 0. The highest BCUT2D eigenvalue weighted by Gasteiger charge is 2.30. The number of hydrogen-bond donors (Lipinski definition) is 2. The molecule has 0 bridgehead atoms. The van der Waals surface area contributed by atoms with Crippen LogP contribution in [0.25, 0.3) is 0 Å². The zero-order valence-corrected chi connectivity index (χ0v) is 12.6. The fourth-order valence-electron chi connectivity index (χ4n) is 3.01. The summed E-state index contributed by atoms with van der Waals surface area (Å²) in [6.45, 7) is 6.06. The topological polar surface area (TPSA) is 55.1 Å². The molecule has 2 unspecified atom stereocenters. The molecule has 2 aromatic carbocycles. The first kappa shape index (κ1) is 13.8. The van der Waals surface area contributed by atoms with Gasteiger partial charge in [-0.2, -0.15) is 0 Å². The number of benzene rings is 2. The van der Waals surface area contributed by atoms with Gasteiger partial charge in [0.2, 0.25) is 5.91 Å². The standard InChI is InChI=1S/C18H20N2O/c1-10-11(2)17-15(12(3)18(21)20-17)9-14(10)16(19)13-7-5-4-6-8-13/h4-9,12,16H,19H2,1-3H3,(H,20,21). The number of hydrogen-bond acceptors (Lipinski definition) is 2. The van der Waals surface area contributed by atoms with Crippen LogP contribution in [0.15, 0.2) is 36.4 Å². The lowest BCUT2D eigenvalue weighted by atomic mass is 9.88. The Kier molecular flexibility index (Phi) is 3.30. The van der Waals surface area contributed by atoms with E-state index < -0.39 is 0 Å². The highest BCUT2D eigenvalue weighted by molar-refractivity contribution is 6.03. The summed E-state index contributed by atoms with van der Waals surface area (Å²) in [5.41, 5.74) is 12.9. The van der Waals surface area contributed by atoms with Crippen LogP contribution in [0.2, 0.25) is 0 Å². The molecule has 2 atom stereocenters. The van der Waals surface area contributed by atoms with Crippen LogP contribution in [0.5, 0.6) is 0 Å². The largest absolute Gasteiger partial charge is 0.325 e. The van der Waals surface area contributed by atoms with Crippen molar-refractivity contribution in [2.24, 2.45) is 5.73 Å². The van der Waals surface area contributed by atoms with Gasteiger partial charge in [-0.1, -0.05) is 36.4 Å². The number of carbonyl (C=O) groups is 1. The Morgan fingerprint density at radius 3 is 2.48 bits per heavy atom. The minimum atomic E-state index is -0.168. The van der Waals surface area contributed by atoms with E-state index in [2.05, 4.69) is 18.3 Å². The Hall–Kier alpha value is -2.13. The van der Waals surface area contributed by atoms with E-state index in [0.29, 0.717) is 0 Å². The monoisotopic (exact) mass is 280 g/mol. The van der Waals surface area contributed by atoms with E-state index in [9.17, 15) is 4.79 Å². The van der Waals surface area contributed by atoms with E-state index in [-0.39, 0.29) is 17.9 Å². The van der Waals surface area contributed by atoms with Crippen molar-refractivity contribution >= 4 is 11.6 Å². The molecule has 21 heavy (non-hydrogen) atoms. The fourth-order valence-corrected chi connectivity index (χ4v) is 3.01. The van der Waals surface area contributed by atoms with Crippen molar-refractivity contribution in [1.82, 2.24) is 0 Å². The van der Waals surface area contributed by atoms with Crippen LogP contribution in [0, 0.1) is 13.8 Å². The Labute approximate surface area is 125 Å². The predicted molar refractivity (Wildman–Crippen MR) is 85.4 cm³/mol. The van der Waals surface area contributed by atoms with Gasteiger partial charge in [-0.15, -0.1) is 0 Å². The van der Waals surface area contributed by atoms with Gasteiger partial charge >= 0.3 is 0 Å². The molecule has 0 fully saturated rings. The Bertz CT molecular complexity index is 707. The van der Waals surface area contributed by atoms with Crippen molar-refractivity contribution in [3.8, 4) is 0 Å². The third kappa shape index (κ3) is 2.14. The van der Waals surface area contributed by atoms with Gasteiger partial charge in [0, 0.05) is 5.69 Å². The summed E-state index contributed by atoms with van der Waals surface area (Å²) in [5, 5.41) is 2.98. The second-order valence-electron chi connectivity index (χ2n) is 5.78. The van der Waals surface area contributed by atoms with E-state index in [0.717, 1.165) is 33.5 Å². The maximum atomic E-state index is 11.9. The molecule has 1 heterocycles. The van der Waals surface area contributed by atoms with Crippen molar-refractivity contribution < 1.29 is 4.79 Å². The molecule has 0 radical (unpaired) electrons. The maximum absolute atomic E-state index is 11.9. The maximum Gasteiger partial charge on any atom is 0.231 e. The lowest BCUT2D eigenvalue weighted by Crippen LogP contribution is -2.14. The minimum Gasteiger partial charge on any atom is -0.325 e. The van der Waals surface area contributed by atoms with Gasteiger partial charge in [-0.3, -0.25) is 4.79 Å². The molecule has 3 heteroatoms. The average Bonchev–Trinajstić information content (AvgIpc) is 2.79. The lowest BCUT2D eigenvalue weighted by Gasteiger charge is -2.20. The van der Waals surface area contributed by atoms with Crippen LogP contribution < -0.4 is 11.1 Å². The van der Waals surface area contributed by atoms with E-state index in [4.69, 9.17) is 5.73 Å². The fraction of sp³-hybridized carbons (Fsp3) is 0.278. The number of rotatable bonds is 2. The first-order chi connectivity index (χ1) is 10.0. The van der Waals surface area contributed by atoms with Gasteiger partial charge in [-0.25, -0.2) is 0 Å². The molecule has 3 N–H and O–H groups in total. The summed E-state index contributed by atoms with van der Waals surface area (Å²) in [7, 11) is 0. The number of nitrogens with two attached hydrogens (primary N) is 1. The van der Waals surface area contributed by atoms with E-state index in [1.54, 1.807) is 0 Å². The summed E-state index contributed by atoms with van der Waals surface area (Å²) in [4.78, 5) is 11.9. The van der Waals surface area contributed by atoms with Gasteiger partial charge in [0.15, 0.2) is 0 Å². The Morgan fingerprint density at radius 2 is 1.81 bits per heavy atom.